The Labute approximate surface area is 251 Å². The van der Waals surface area contributed by atoms with Crippen molar-refractivity contribution in [3.8, 4) is 0 Å². The van der Waals surface area contributed by atoms with Gasteiger partial charge in [-0.25, -0.2) is 0 Å². The Kier molecular flexibility index (Phi) is 16.9. The maximum atomic E-state index is 6.07. The van der Waals surface area contributed by atoms with E-state index in [0.29, 0.717) is 11.3 Å². The van der Waals surface area contributed by atoms with Gasteiger partial charge in [-0.1, -0.05) is 128 Å². The van der Waals surface area contributed by atoms with E-state index in [2.05, 4.69) is 19.9 Å². The topological polar surface area (TPSA) is 18.5 Å². The van der Waals surface area contributed by atoms with Crippen molar-refractivity contribution in [1.29, 1.82) is 0 Å². The first-order chi connectivity index (χ1) is 19.7. The molecule has 0 heterocycles. The second-order valence-electron chi connectivity index (χ2n) is 14.4. The summed E-state index contributed by atoms with van der Waals surface area (Å²) in [5, 5.41) is 0. The van der Waals surface area contributed by atoms with E-state index in [1.165, 1.54) is 154 Å². The first kappa shape index (κ1) is 34.2. The molecule has 0 radical (unpaired) electrons. The van der Waals surface area contributed by atoms with Crippen LogP contribution in [0.25, 0.3) is 0 Å². The zero-order chi connectivity index (χ0) is 28.5. The van der Waals surface area contributed by atoms with E-state index in [1.807, 2.05) is 14.2 Å². The SMILES string of the molecule is CCCCCCC1CCC2(CCCCCCC2COC)C(/C=C2/CCCCCCC2COC)C1CCCCCC. The van der Waals surface area contributed by atoms with Crippen molar-refractivity contribution in [2.24, 2.45) is 35.0 Å². The summed E-state index contributed by atoms with van der Waals surface area (Å²) < 4.78 is 12.0. The van der Waals surface area contributed by atoms with Gasteiger partial charge in [0.25, 0.3) is 0 Å². The molecule has 2 nitrogen and oxygen atoms in total. The largest absolute Gasteiger partial charge is 0.384 e. The van der Waals surface area contributed by atoms with Gasteiger partial charge in [0.2, 0.25) is 0 Å². The lowest BCUT2D eigenvalue weighted by Crippen LogP contribution is -2.49. The monoisotopic (exact) mass is 559 g/mol. The third-order valence-corrected chi connectivity index (χ3v) is 11.7. The van der Waals surface area contributed by atoms with E-state index in [9.17, 15) is 0 Å². The summed E-state index contributed by atoms with van der Waals surface area (Å²) in [5.41, 5.74) is 2.24. The molecule has 234 valence electrons. The Hall–Kier alpha value is -0.340. The number of methoxy groups -OCH3 is 2. The van der Waals surface area contributed by atoms with Gasteiger partial charge >= 0.3 is 0 Å². The molecule has 0 aromatic rings. The van der Waals surface area contributed by atoms with E-state index in [1.54, 1.807) is 5.57 Å². The molecule has 6 atom stereocenters. The highest BCUT2D eigenvalue weighted by molar-refractivity contribution is 5.16. The standard InChI is InChI=1S/C38H70O2/c1-5-7-9-15-21-32-26-28-38(27-20-14-13-18-24-35(38)31-40-4)37(36(32)25-19-10-8-6-2)29-33-22-16-11-12-17-23-34(33)30-39-3/h29,32,34-37H,5-28,30-31H2,1-4H3/b33-29-. The van der Waals surface area contributed by atoms with Crippen LogP contribution in [0.15, 0.2) is 11.6 Å². The quantitative estimate of drug-likeness (QED) is 0.147. The summed E-state index contributed by atoms with van der Waals surface area (Å²) in [6.07, 6.45) is 36.9. The fraction of sp³-hybridized carbons (Fsp3) is 0.947. The van der Waals surface area contributed by atoms with Crippen molar-refractivity contribution >= 4 is 0 Å². The third-order valence-electron chi connectivity index (χ3n) is 11.7. The highest BCUT2D eigenvalue weighted by Gasteiger charge is 2.51. The molecule has 3 aliphatic carbocycles. The number of ether oxygens (including phenoxy) is 2. The lowest BCUT2D eigenvalue weighted by molar-refractivity contribution is -0.0643. The molecule has 2 heteroatoms. The number of rotatable bonds is 15. The lowest BCUT2D eigenvalue weighted by atomic mass is 9.49. The van der Waals surface area contributed by atoms with Crippen molar-refractivity contribution in [3.63, 3.8) is 0 Å². The van der Waals surface area contributed by atoms with Crippen LogP contribution in [-0.2, 0) is 9.47 Å². The van der Waals surface area contributed by atoms with Gasteiger partial charge in [-0.05, 0) is 80.5 Å². The summed E-state index contributed by atoms with van der Waals surface area (Å²) in [5.74, 6) is 3.91. The van der Waals surface area contributed by atoms with E-state index in [4.69, 9.17) is 9.47 Å². The van der Waals surface area contributed by atoms with Crippen LogP contribution in [-0.4, -0.2) is 27.4 Å². The average molecular weight is 559 g/mol. The molecule has 3 rings (SSSR count). The van der Waals surface area contributed by atoms with Gasteiger partial charge in [-0.3, -0.25) is 0 Å². The fourth-order valence-corrected chi connectivity index (χ4v) is 9.47. The molecule has 0 aliphatic heterocycles. The second-order valence-corrected chi connectivity index (χ2v) is 14.4. The Morgan fingerprint density at radius 1 is 0.675 bits per heavy atom. The normalized spacial score (nSPS) is 33.4. The van der Waals surface area contributed by atoms with Crippen LogP contribution in [0.4, 0.5) is 0 Å². The first-order valence-corrected chi connectivity index (χ1v) is 18.4. The highest BCUT2D eigenvalue weighted by atomic mass is 16.5. The molecule has 40 heavy (non-hydrogen) atoms. The van der Waals surface area contributed by atoms with Crippen LogP contribution in [0.3, 0.4) is 0 Å². The number of hydrogen-bond acceptors (Lipinski definition) is 2. The minimum absolute atomic E-state index is 0.443. The summed E-state index contributed by atoms with van der Waals surface area (Å²) in [6.45, 7) is 6.63. The molecule has 0 aromatic heterocycles. The molecule has 0 bridgehead atoms. The lowest BCUT2D eigenvalue weighted by Gasteiger charge is -2.56. The van der Waals surface area contributed by atoms with E-state index in [-0.39, 0.29) is 0 Å². The van der Waals surface area contributed by atoms with Crippen LogP contribution in [0, 0.1) is 35.0 Å². The predicted molar refractivity (Wildman–Crippen MR) is 174 cm³/mol. The molecule has 3 aliphatic rings. The van der Waals surface area contributed by atoms with Crippen LogP contribution in [0.1, 0.15) is 168 Å². The Morgan fingerprint density at radius 3 is 2.08 bits per heavy atom. The zero-order valence-electron chi connectivity index (χ0n) is 27.7. The summed E-state index contributed by atoms with van der Waals surface area (Å²) >= 11 is 0. The number of hydrogen-bond donors (Lipinski definition) is 0. The minimum atomic E-state index is 0.443. The minimum Gasteiger partial charge on any atom is -0.384 e. The summed E-state index contributed by atoms with van der Waals surface area (Å²) in [7, 11) is 3.91. The molecule has 6 unspecified atom stereocenters. The molecule has 0 amide bonds. The van der Waals surface area contributed by atoms with Crippen molar-refractivity contribution in [1.82, 2.24) is 0 Å². The Morgan fingerprint density at radius 2 is 1.35 bits per heavy atom. The highest BCUT2D eigenvalue weighted by Crippen LogP contribution is 2.59. The van der Waals surface area contributed by atoms with E-state index in [0.717, 1.165) is 36.9 Å². The molecule has 1 spiro atoms. The van der Waals surface area contributed by atoms with Crippen LogP contribution < -0.4 is 0 Å². The molecular weight excluding hydrogens is 488 g/mol. The van der Waals surface area contributed by atoms with Crippen LogP contribution in [0.2, 0.25) is 0 Å². The third kappa shape index (κ3) is 10.1. The Balaban J connectivity index is 2.04. The van der Waals surface area contributed by atoms with Gasteiger partial charge in [-0.2, -0.15) is 0 Å². The molecule has 0 N–H and O–H groups in total. The molecule has 3 saturated carbocycles. The van der Waals surface area contributed by atoms with Gasteiger partial charge in [-0.15, -0.1) is 0 Å². The van der Waals surface area contributed by atoms with E-state index < -0.39 is 0 Å². The smallest absolute Gasteiger partial charge is 0.0527 e. The second kappa shape index (κ2) is 19.8. The summed E-state index contributed by atoms with van der Waals surface area (Å²) in [6, 6.07) is 0. The van der Waals surface area contributed by atoms with Gasteiger partial charge in [0, 0.05) is 26.7 Å². The van der Waals surface area contributed by atoms with Gasteiger partial charge in [0.05, 0.1) is 6.61 Å². The van der Waals surface area contributed by atoms with Gasteiger partial charge in [0.1, 0.15) is 0 Å². The fourth-order valence-electron chi connectivity index (χ4n) is 9.47. The van der Waals surface area contributed by atoms with Crippen LogP contribution in [0.5, 0.6) is 0 Å². The van der Waals surface area contributed by atoms with E-state index >= 15 is 0 Å². The van der Waals surface area contributed by atoms with Crippen molar-refractivity contribution in [3.05, 3.63) is 11.6 Å². The molecule has 3 fully saturated rings. The predicted octanol–water partition coefficient (Wildman–Crippen LogP) is 11.7. The first-order valence-electron chi connectivity index (χ1n) is 18.4. The van der Waals surface area contributed by atoms with Gasteiger partial charge in [0.15, 0.2) is 0 Å². The number of allylic oxidation sites excluding steroid dienone is 1. The van der Waals surface area contributed by atoms with Crippen molar-refractivity contribution in [2.75, 3.05) is 27.4 Å². The maximum absolute atomic E-state index is 6.07. The van der Waals surface area contributed by atoms with Gasteiger partial charge < -0.3 is 9.47 Å². The molecular formula is C38H70O2. The van der Waals surface area contributed by atoms with Crippen molar-refractivity contribution in [2.45, 2.75) is 168 Å². The average Bonchev–Trinajstić information content (AvgIpc) is 2.94. The maximum Gasteiger partial charge on any atom is 0.0527 e. The zero-order valence-corrected chi connectivity index (χ0v) is 27.7. The summed E-state index contributed by atoms with van der Waals surface area (Å²) in [4.78, 5) is 0. The molecule has 0 aromatic carbocycles. The number of unbranched alkanes of at least 4 members (excludes halogenated alkanes) is 6. The van der Waals surface area contributed by atoms with Crippen LogP contribution >= 0.6 is 0 Å². The Bertz CT molecular complexity index is 670. The van der Waals surface area contributed by atoms with Crippen molar-refractivity contribution < 1.29 is 9.47 Å². The molecule has 0 saturated heterocycles.